The number of carbonyl (C=O) groups is 2. The van der Waals surface area contributed by atoms with E-state index in [1.165, 1.54) is 7.11 Å². The SMILES string of the molecule is COC(=O)C(CNC(=O)OC(C)(C)C)c1ccc(P(C)(C)=O)cc1. The molecule has 0 spiro atoms. The third kappa shape index (κ3) is 6.36. The molecule has 0 aromatic heterocycles. The zero-order valence-corrected chi connectivity index (χ0v) is 16.0. The van der Waals surface area contributed by atoms with Crippen LogP contribution in [0.1, 0.15) is 32.3 Å². The Labute approximate surface area is 143 Å². The standard InChI is InChI=1S/C17H26NO5P/c1-17(2,3)23-16(20)18-11-14(15(19)22-4)12-7-9-13(10-8-12)24(5,6)21/h7-10,14H,11H2,1-6H3,(H,18,20). The number of methoxy groups -OCH3 is 1. The van der Waals surface area contributed by atoms with Crippen LogP contribution in [-0.4, -0.2) is 44.6 Å². The third-order valence-corrected chi connectivity index (χ3v) is 4.79. The number of benzene rings is 1. The number of amides is 1. The number of alkyl carbamates (subject to hydrolysis) is 1. The summed E-state index contributed by atoms with van der Waals surface area (Å²) in [6, 6.07) is 6.93. The van der Waals surface area contributed by atoms with E-state index in [-0.39, 0.29) is 6.54 Å². The van der Waals surface area contributed by atoms with Crippen molar-refractivity contribution in [1.29, 1.82) is 0 Å². The largest absolute Gasteiger partial charge is 0.468 e. The van der Waals surface area contributed by atoms with E-state index in [9.17, 15) is 14.2 Å². The van der Waals surface area contributed by atoms with Gasteiger partial charge in [0.1, 0.15) is 12.7 Å². The summed E-state index contributed by atoms with van der Waals surface area (Å²) in [6.45, 7) is 8.70. The number of rotatable bonds is 5. The molecule has 1 rings (SSSR count). The van der Waals surface area contributed by atoms with E-state index in [1.54, 1.807) is 58.4 Å². The summed E-state index contributed by atoms with van der Waals surface area (Å²) in [6.07, 6.45) is -0.598. The van der Waals surface area contributed by atoms with Crippen LogP contribution in [0.15, 0.2) is 24.3 Å². The van der Waals surface area contributed by atoms with Crippen molar-refractivity contribution in [2.75, 3.05) is 27.0 Å². The lowest BCUT2D eigenvalue weighted by Crippen LogP contribution is -2.36. The Morgan fingerprint density at radius 3 is 2.12 bits per heavy atom. The van der Waals surface area contributed by atoms with E-state index in [4.69, 9.17) is 9.47 Å². The quantitative estimate of drug-likeness (QED) is 0.649. The van der Waals surface area contributed by atoms with E-state index in [1.807, 2.05) is 0 Å². The minimum atomic E-state index is -2.36. The third-order valence-electron chi connectivity index (χ3n) is 3.25. The van der Waals surface area contributed by atoms with Gasteiger partial charge in [0, 0.05) is 11.8 Å². The first kappa shape index (κ1) is 20.2. The molecule has 0 aliphatic rings. The lowest BCUT2D eigenvalue weighted by molar-refractivity contribution is -0.142. The Hall–Kier alpha value is -1.81. The predicted octanol–water partition coefficient (Wildman–Crippen LogP) is 2.72. The molecule has 1 aromatic carbocycles. The molecular weight excluding hydrogens is 329 g/mol. The number of ether oxygens (including phenoxy) is 2. The first-order valence-corrected chi connectivity index (χ1v) is 10.2. The number of hydrogen-bond acceptors (Lipinski definition) is 5. The van der Waals surface area contributed by atoms with Crippen molar-refractivity contribution in [2.45, 2.75) is 32.3 Å². The van der Waals surface area contributed by atoms with Gasteiger partial charge in [-0.2, -0.15) is 0 Å². The van der Waals surface area contributed by atoms with Crippen molar-refractivity contribution in [3.05, 3.63) is 29.8 Å². The van der Waals surface area contributed by atoms with Crippen LogP contribution in [0.2, 0.25) is 0 Å². The minimum Gasteiger partial charge on any atom is -0.468 e. The lowest BCUT2D eigenvalue weighted by Gasteiger charge is -2.21. The van der Waals surface area contributed by atoms with E-state index in [0.717, 1.165) is 5.30 Å². The van der Waals surface area contributed by atoms with Gasteiger partial charge in [0.05, 0.1) is 13.0 Å². The molecule has 1 atom stereocenters. The second-order valence-electron chi connectivity index (χ2n) is 6.90. The van der Waals surface area contributed by atoms with Gasteiger partial charge in [-0.1, -0.05) is 24.3 Å². The zero-order valence-electron chi connectivity index (χ0n) is 15.1. The fraction of sp³-hybridized carbons (Fsp3) is 0.529. The number of carbonyl (C=O) groups excluding carboxylic acids is 2. The Balaban J connectivity index is 2.88. The Morgan fingerprint density at radius 2 is 1.71 bits per heavy atom. The summed E-state index contributed by atoms with van der Waals surface area (Å²) in [4.78, 5) is 23.8. The molecule has 1 unspecified atom stereocenters. The van der Waals surface area contributed by atoms with Crippen LogP contribution >= 0.6 is 7.14 Å². The molecule has 6 nitrogen and oxygen atoms in total. The van der Waals surface area contributed by atoms with Gasteiger partial charge in [-0.3, -0.25) is 4.79 Å². The van der Waals surface area contributed by atoms with Crippen molar-refractivity contribution < 1.29 is 23.6 Å². The molecule has 24 heavy (non-hydrogen) atoms. The molecule has 0 fully saturated rings. The number of nitrogens with one attached hydrogen (secondary N) is 1. The first-order chi connectivity index (χ1) is 10.9. The smallest absolute Gasteiger partial charge is 0.407 e. The Kier molecular flexibility index (Phi) is 6.61. The molecule has 1 aromatic rings. The van der Waals surface area contributed by atoms with Gasteiger partial charge in [-0.15, -0.1) is 0 Å². The van der Waals surface area contributed by atoms with Crippen LogP contribution < -0.4 is 10.6 Å². The van der Waals surface area contributed by atoms with Crippen molar-refractivity contribution >= 4 is 24.5 Å². The normalized spacial score (nSPS) is 13.1. The van der Waals surface area contributed by atoms with Gasteiger partial charge in [0.15, 0.2) is 0 Å². The van der Waals surface area contributed by atoms with Gasteiger partial charge in [-0.05, 0) is 39.7 Å². The predicted molar refractivity (Wildman–Crippen MR) is 94.5 cm³/mol. The van der Waals surface area contributed by atoms with E-state index < -0.39 is 30.7 Å². The highest BCUT2D eigenvalue weighted by molar-refractivity contribution is 7.70. The first-order valence-electron chi connectivity index (χ1n) is 7.64. The molecule has 0 aliphatic carbocycles. The highest BCUT2D eigenvalue weighted by Crippen LogP contribution is 2.34. The maximum Gasteiger partial charge on any atom is 0.407 e. The summed E-state index contributed by atoms with van der Waals surface area (Å²) in [5.74, 6) is -1.13. The summed E-state index contributed by atoms with van der Waals surface area (Å²) in [7, 11) is -1.06. The van der Waals surface area contributed by atoms with Gasteiger partial charge in [0.2, 0.25) is 0 Å². The van der Waals surface area contributed by atoms with E-state index in [0.29, 0.717) is 5.56 Å². The van der Waals surface area contributed by atoms with Crippen LogP contribution in [0.5, 0.6) is 0 Å². The summed E-state index contributed by atoms with van der Waals surface area (Å²) >= 11 is 0. The van der Waals surface area contributed by atoms with Gasteiger partial charge in [-0.25, -0.2) is 4.79 Å². The molecule has 0 aliphatic heterocycles. The topological polar surface area (TPSA) is 81.7 Å². The number of esters is 1. The van der Waals surface area contributed by atoms with Crippen molar-refractivity contribution in [1.82, 2.24) is 5.32 Å². The van der Waals surface area contributed by atoms with Crippen LogP contribution in [0.3, 0.4) is 0 Å². The molecule has 7 heteroatoms. The molecular formula is C17H26NO5P. The van der Waals surface area contributed by atoms with E-state index in [2.05, 4.69) is 5.32 Å². The molecule has 0 heterocycles. The highest BCUT2D eigenvalue weighted by atomic mass is 31.2. The highest BCUT2D eigenvalue weighted by Gasteiger charge is 2.24. The summed E-state index contributed by atoms with van der Waals surface area (Å²) < 4.78 is 22.0. The van der Waals surface area contributed by atoms with Crippen LogP contribution in [0.4, 0.5) is 4.79 Å². The summed E-state index contributed by atoms with van der Waals surface area (Å²) in [5.41, 5.74) is 0.0609. The van der Waals surface area contributed by atoms with Gasteiger partial charge < -0.3 is 19.4 Å². The van der Waals surface area contributed by atoms with Crippen molar-refractivity contribution in [3.8, 4) is 0 Å². The molecule has 0 saturated heterocycles. The van der Waals surface area contributed by atoms with Crippen molar-refractivity contribution in [2.24, 2.45) is 0 Å². The van der Waals surface area contributed by atoms with Crippen LogP contribution in [0.25, 0.3) is 0 Å². The second-order valence-corrected chi connectivity index (χ2v) is 10.1. The molecule has 1 N–H and O–H groups in total. The van der Waals surface area contributed by atoms with Gasteiger partial charge in [0.25, 0.3) is 0 Å². The van der Waals surface area contributed by atoms with E-state index >= 15 is 0 Å². The lowest BCUT2D eigenvalue weighted by atomic mass is 9.99. The average Bonchev–Trinajstić information content (AvgIpc) is 2.44. The Bertz CT molecular complexity index is 627. The van der Waals surface area contributed by atoms with Gasteiger partial charge >= 0.3 is 12.1 Å². The monoisotopic (exact) mass is 355 g/mol. The number of hydrogen-bond donors (Lipinski definition) is 1. The molecule has 0 bridgehead atoms. The molecule has 0 radical (unpaired) electrons. The maximum atomic E-state index is 12.1. The fourth-order valence-corrected chi connectivity index (χ4v) is 2.91. The fourth-order valence-electron chi connectivity index (χ4n) is 2.04. The maximum absolute atomic E-state index is 12.1. The minimum absolute atomic E-state index is 0.0524. The Morgan fingerprint density at radius 1 is 1.17 bits per heavy atom. The molecule has 134 valence electrons. The summed E-state index contributed by atoms with van der Waals surface area (Å²) in [5, 5.41) is 3.31. The molecule has 0 saturated carbocycles. The van der Waals surface area contributed by atoms with Crippen LogP contribution in [0, 0.1) is 0 Å². The second kappa shape index (κ2) is 7.84. The molecule has 1 amide bonds. The van der Waals surface area contributed by atoms with Crippen LogP contribution in [-0.2, 0) is 18.8 Å². The van der Waals surface area contributed by atoms with Crippen molar-refractivity contribution in [3.63, 3.8) is 0 Å². The average molecular weight is 355 g/mol. The zero-order chi connectivity index (χ0) is 18.5.